The highest BCUT2D eigenvalue weighted by Gasteiger charge is 2.33. The number of nitrogens with one attached hydrogen (secondary N) is 1. The number of aliphatic imine (C=N–C) groups is 1. The molecule has 0 saturated heterocycles. The Morgan fingerprint density at radius 1 is 1.12 bits per heavy atom. The molecule has 1 aliphatic rings. The number of fused-ring (bicyclic) bond motifs is 1. The smallest absolute Gasteiger partial charge is 0.263 e. The summed E-state index contributed by atoms with van der Waals surface area (Å²) >= 11 is 0. The molecule has 0 unspecified atom stereocenters. The summed E-state index contributed by atoms with van der Waals surface area (Å²) in [4.78, 5) is 19.6. The molecule has 1 aliphatic heterocycles. The van der Waals surface area contributed by atoms with Crippen LogP contribution in [-0.4, -0.2) is 47.9 Å². The molecular weight excluding hydrogens is 426 g/mol. The largest absolute Gasteiger partial charge is 0.339 e. The van der Waals surface area contributed by atoms with Crippen LogP contribution in [0.4, 0.5) is 0 Å². The second kappa shape index (κ2) is 8.58. The van der Waals surface area contributed by atoms with E-state index in [1.54, 1.807) is 41.0 Å². The van der Waals surface area contributed by atoms with E-state index in [4.69, 9.17) is 0 Å². The summed E-state index contributed by atoms with van der Waals surface area (Å²) in [7, 11) is -1.95. The van der Waals surface area contributed by atoms with Crippen LogP contribution in [0.25, 0.3) is 5.69 Å². The molecule has 9 heteroatoms. The third kappa shape index (κ3) is 4.29. The Bertz CT molecular complexity index is 1270. The van der Waals surface area contributed by atoms with Crippen LogP contribution in [0, 0.1) is 5.92 Å². The number of para-hydroxylation sites is 1. The zero-order valence-electron chi connectivity index (χ0n) is 18.1. The van der Waals surface area contributed by atoms with Crippen molar-refractivity contribution in [2.24, 2.45) is 10.9 Å². The Labute approximate surface area is 187 Å². The number of nitrogens with zero attached hydrogens (tertiary/aromatic N) is 4. The van der Waals surface area contributed by atoms with Gasteiger partial charge in [-0.25, -0.2) is 13.1 Å². The van der Waals surface area contributed by atoms with Crippen molar-refractivity contribution in [2.75, 3.05) is 7.05 Å². The lowest BCUT2D eigenvalue weighted by Crippen LogP contribution is -2.39. The van der Waals surface area contributed by atoms with Crippen molar-refractivity contribution in [3.05, 3.63) is 78.1 Å². The Hall–Kier alpha value is -3.46. The van der Waals surface area contributed by atoms with Gasteiger partial charge in [0, 0.05) is 30.9 Å². The van der Waals surface area contributed by atoms with Crippen molar-refractivity contribution in [1.82, 2.24) is 19.4 Å². The second-order valence-corrected chi connectivity index (χ2v) is 9.74. The standard InChI is InChI=1S/C23H25N5O3S/c1-16(2)21(25-22-19-11-7-8-12-20(19)32(30,31)26-22)23(29)27(3)14-17-13-24-28(15-17)18-9-5-4-6-10-18/h4-13,15-16,21H,14H2,1-3H3,(H,25,26)/t21-/m0/s1. The molecule has 1 amide bonds. The maximum Gasteiger partial charge on any atom is 0.263 e. The Kier molecular flexibility index (Phi) is 5.84. The van der Waals surface area contributed by atoms with Crippen molar-refractivity contribution < 1.29 is 13.2 Å². The minimum absolute atomic E-state index is 0.123. The number of rotatable bonds is 6. The van der Waals surface area contributed by atoms with Crippen molar-refractivity contribution in [3.8, 4) is 5.69 Å². The van der Waals surface area contributed by atoms with Gasteiger partial charge in [0.15, 0.2) is 0 Å². The van der Waals surface area contributed by atoms with Crippen LogP contribution in [0.3, 0.4) is 0 Å². The summed E-state index contributed by atoms with van der Waals surface area (Å²) < 4.78 is 29.0. The Morgan fingerprint density at radius 3 is 2.53 bits per heavy atom. The molecular formula is C23H25N5O3S. The van der Waals surface area contributed by atoms with E-state index >= 15 is 0 Å². The maximum atomic E-state index is 13.2. The number of hydrogen-bond acceptors (Lipinski definition) is 5. The van der Waals surface area contributed by atoms with E-state index in [2.05, 4.69) is 14.8 Å². The first-order valence-corrected chi connectivity index (χ1v) is 11.8. The first-order valence-electron chi connectivity index (χ1n) is 10.3. The quantitative estimate of drug-likeness (QED) is 0.623. The minimum atomic E-state index is -3.66. The van der Waals surface area contributed by atoms with Gasteiger partial charge in [0.2, 0.25) is 5.91 Å². The molecule has 1 N–H and O–H groups in total. The fourth-order valence-electron chi connectivity index (χ4n) is 3.60. The monoisotopic (exact) mass is 451 g/mol. The molecule has 32 heavy (non-hydrogen) atoms. The topological polar surface area (TPSA) is 96.7 Å². The summed E-state index contributed by atoms with van der Waals surface area (Å²) in [6.07, 6.45) is 3.62. The van der Waals surface area contributed by atoms with Gasteiger partial charge in [-0.3, -0.25) is 14.5 Å². The molecule has 8 nitrogen and oxygen atoms in total. The normalized spacial score (nSPS) is 16.6. The number of likely N-dealkylation sites (N-methyl/N-ethyl adjacent to an activating group) is 1. The first-order chi connectivity index (χ1) is 15.3. The van der Waals surface area contributed by atoms with E-state index in [0.717, 1.165) is 11.3 Å². The van der Waals surface area contributed by atoms with Crippen molar-refractivity contribution >= 4 is 21.8 Å². The summed E-state index contributed by atoms with van der Waals surface area (Å²) in [5, 5.41) is 4.38. The van der Waals surface area contributed by atoms with Gasteiger partial charge in [-0.2, -0.15) is 5.10 Å². The number of aromatic nitrogens is 2. The molecule has 1 aromatic heterocycles. The predicted octanol–water partition coefficient (Wildman–Crippen LogP) is 2.59. The third-order valence-electron chi connectivity index (χ3n) is 5.27. The van der Waals surface area contributed by atoms with E-state index in [-0.39, 0.29) is 22.6 Å². The van der Waals surface area contributed by atoms with Crippen LogP contribution in [0.15, 0.2) is 76.9 Å². The summed E-state index contributed by atoms with van der Waals surface area (Å²) in [5.74, 6) is -0.108. The lowest BCUT2D eigenvalue weighted by atomic mass is 10.0. The predicted molar refractivity (Wildman–Crippen MR) is 122 cm³/mol. The summed E-state index contributed by atoms with van der Waals surface area (Å²) in [5.41, 5.74) is 2.30. The van der Waals surface area contributed by atoms with Crippen molar-refractivity contribution in [3.63, 3.8) is 0 Å². The van der Waals surface area contributed by atoms with Gasteiger partial charge < -0.3 is 4.90 Å². The summed E-state index contributed by atoms with van der Waals surface area (Å²) in [6, 6.07) is 15.6. The Balaban J connectivity index is 1.54. The zero-order valence-corrected chi connectivity index (χ0v) is 19.0. The number of hydrogen-bond donors (Lipinski definition) is 1. The molecule has 0 spiro atoms. The van der Waals surface area contributed by atoms with E-state index in [9.17, 15) is 13.2 Å². The number of amidine groups is 1. The number of carbonyl (C=O) groups is 1. The molecule has 0 aliphatic carbocycles. The molecule has 4 rings (SSSR count). The molecule has 2 heterocycles. The molecule has 0 radical (unpaired) electrons. The van der Waals surface area contributed by atoms with Crippen molar-refractivity contribution in [1.29, 1.82) is 0 Å². The highest BCUT2D eigenvalue weighted by molar-refractivity contribution is 7.90. The average molecular weight is 452 g/mol. The highest BCUT2D eigenvalue weighted by Crippen LogP contribution is 2.24. The molecule has 166 valence electrons. The molecule has 0 bridgehead atoms. The minimum Gasteiger partial charge on any atom is -0.339 e. The molecule has 3 aromatic rings. The first kappa shape index (κ1) is 21.8. The number of benzene rings is 2. The zero-order chi connectivity index (χ0) is 22.9. The van der Waals surface area contributed by atoms with Crippen LogP contribution in [0.5, 0.6) is 0 Å². The van der Waals surface area contributed by atoms with Crippen LogP contribution in [0.1, 0.15) is 25.0 Å². The molecule has 0 fully saturated rings. The van der Waals surface area contributed by atoms with Gasteiger partial charge in [-0.1, -0.05) is 44.2 Å². The van der Waals surface area contributed by atoms with Crippen LogP contribution >= 0.6 is 0 Å². The lowest BCUT2D eigenvalue weighted by molar-refractivity contribution is -0.132. The number of sulfonamides is 1. The fourth-order valence-corrected chi connectivity index (χ4v) is 4.84. The molecule has 0 saturated carbocycles. The molecule has 1 atom stereocenters. The van der Waals surface area contributed by atoms with Gasteiger partial charge in [0.1, 0.15) is 11.9 Å². The Morgan fingerprint density at radius 2 is 1.81 bits per heavy atom. The third-order valence-corrected chi connectivity index (χ3v) is 6.67. The van der Waals surface area contributed by atoms with E-state index in [1.165, 1.54) is 6.07 Å². The fraction of sp³-hybridized carbons (Fsp3) is 0.261. The average Bonchev–Trinajstić information content (AvgIpc) is 3.34. The summed E-state index contributed by atoms with van der Waals surface area (Å²) in [6.45, 7) is 4.15. The molecule has 2 aromatic carbocycles. The van der Waals surface area contributed by atoms with E-state index < -0.39 is 16.1 Å². The van der Waals surface area contributed by atoms with Crippen molar-refractivity contribution in [2.45, 2.75) is 31.3 Å². The van der Waals surface area contributed by atoms with Gasteiger partial charge in [0.05, 0.1) is 16.8 Å². The highest BCUT2D eigenvalue weighted by atomic mass is 32.2. The van der Waals surface area contributed by atoms with Gasteiger partial charge >= 0.3 is 0 Å². The van der Waals surface area contributed by atoms with Crippen LogP contribution in [0.2, 0.25) is 0 Å². The van der Waals surface area contributed by atoms with E-state index in [1.807, 2.05) is 50.4 Å². The van der Waals surface area contributed by atoms with E-state index in [0.29, 0.717) is 12.1 Å². The van der Waals surface area contributed by atoms with Gasteiger partial charge in [-0.05, 0) is 30.2 Å². The van der Waals surface area contributed by atoms with Crippen LogP contribution in [-0.2, 0) is 21.4 Å². The van der Waals surface area contributed by atoms with Gasteiger partial charge in [0.25, 0.3) is 10.0 Å². The van der Waals surface area contributed by atoms with Crippen LogP contribution < -0.4 is 4.72 Å². The lowest BCUT2D eigenvalue weighted by Gasteiger charge is -2.23. The SMILES string of the molecule is CC(C)[C@H](N=C1NS(=O)(=O)c2ccccc21)C(=O)N(C)Cc1cnn(-c2ccccc2)c1. The van der Waals surface area contributed by atoms with Gasteiger partial charge in [-0.15, -0.1) is 0 Å². The maximum absolute atomic E-state index is 13.2. The number of carbonyl (C=O) groups excluding carboxylic acids is 1. The second-order valence-electron chi connectivity index (χ2n) is 8.09. The number of amides is 1.